The SMILES string of the molecule is CCNCc1ccc([N+](=O)[O-])c(OCc2cnn(C)c2)c1. The maximum atomic E-state index is 11.1. The minimum atomic E-state index is -0.435. The van der Waals surface area contributed by atoms with E-state index in [1.165, 1.54) is 6.07 Å². The summed E-state index contributed by atoms with van der Waals surface area (Å²) in [4.78, 5) is 10.6. The zero-order chi connectivity index (χ0) is 15.2. The molecular weight excluding hydrogens is 272 g/mol. The van der Waals surface area contributed by atoms with Crippen molar-refractivity contribution in [2.45, 2.75) is 20.1 Å². The summed E-state index contributed by atoms with van der Waals surface area (Å²) in [5.41, 5.74) is 1.78. The van der Waals surface area contributed by atoms with Crippen LogP contribution in [0.25, 0.3) is 0 Å². The second-order valence-corrected chi connectivity index (χ2v) is 4.65. The third-order valence-electron chi connectivity index (χ3n) is 2.95. The number of hydrogen-bond acceptors (Lipinski definition) is 5. The number of nitro groups is 1. The minimum absolute atomic E-state index is 0.0286. The Hall–Kier alpha value is -2.41. The topological polar surface area (TPSA) is 82.2 Å². The molecule has 112 valence electrons. The normalized spacial score (nSPS) is 10.6. The van der Waals surface area contributed by atoms with Gasteiger partial charge in [0.05, 0.1) is 11.1 Å². The van der Waals surface area contributed by atoms with Crippen molar-refractivity contribution >= 4 is 5.69 Å². The van der Waals surface area contributed by atoms with E-state index >= 15 is 0 Å². The van der Waals surface area contributed by atoms with E-state index in [1.807, 2.05) is 20.2 Å². The Balaban J connectivity index is 2.15. The highest BCUT2D eigenvalue weighted by molar-refractivity contribution is 5.48. The van der Waals surface area contributed by atoms with Crippen molar-refractivity contribution in [2.75, 3.05) is 6.54 Å². The van der Waals surface area contributed by atoms with Crippen molar-refractivity contribution < 1.29 is 9.66 Å². The molecule has 0 amide bonds. The summed E-state index contributed by atoms with van der Waals surface area (Å²) < 4.78 is 7.26. The van der Waals surface area contributed by atoms with Crippen molar-refractivity contribution in [1.29, 1.82) is 0 Å². The summed E-state index contributed by atoms with van der Waals surface area (Å²) >= 11 is 0. The molecule has 21 heavy (non-hydrogen) atoms. The molecule has 0 aliphatic carbocycles. The molecule has 0 saturated carbocycles. The van der Waals surface area contributed by atoms with Crippen LogP contribution in [0.4, 0.5) is 5.69 Å². The first-order valence-corrected chi connectivity index (χ1v) is 6.68. The van der Waals surface area contributed by atoms with Gasteiger partial charge in [-0.1, -0.05) is 13.0 Å². The van der Waals surface area contributed by atoms with E-state index in [2.05, 4.69) is 10.4 Å². The van der Waals surface area contributed by atoms with E-state index in [1.54, 1.807) is 23.0 Å². The molecule has 1 aromatic heterocycles. The van der Waals surface area contributed by atoms with Crippen molar-refractivity contribution in [3.8, 4) is 5.75 Å². The lowest BCUT2D eigenvalue weighted by atomic mass is 10.2. The maximum Gasteiger partial charge on any atom is 0.310 e. The molecule has 0 atom stereocenters. The van der Waals surface area contributed by atoms with Gasteiger partial charge >= 0.3 is 5.69 Å². The lowest BCUT2D eigenvalue weighted by Crippen LogP contribution is -2.12. The first-order valence-electron chi connectivity index (χ1n) is 6.68. The molecule has 0 aliphatic heterocycles. The number of aromatic nitrogens is 2. The number of nitro benzene ring substituents is 1. The van der Waals surface area contributed by atoms with Crippen LogP contribution in [0.15, 0.2) is 30.6 Å². The fourth-order valence-corrected chi connectivity index (χ4v) is 1.91. The van der Waals surface area contributed by atoms with Crippen LogP contribution in [-0.4, -0.2) is 21.2 Å². The molecular formula is C14H18N4O3. The highest BCUT2D eigenvalue weighted by atomic mass is 16.6. The van der Waals surface area contributed by atoms with Crippen molar-refractivity contribution in [1.82, 2.24) is 15.1 Å². The molecule has 0 fully saturated rings. The van der Waals surface area contributed by atoms with Crippen LogP contribution in [0.1, 0.15) is 18.1 Å². The van der Waals surface area contributed by atoms with Gasteiger partial charge in [0.25, 0.3) is 0 Å². The molecule has 0 saturated heterocycles. The summed E-state index contributed by atoms with van der Waals surface area (Å²) in [6.07, 6.45) is 3.49. The maximum absolute atomic E-state index is 11.1. The Morgan fingerprint density at radius 1 is 1.43 bits per heavy atom. The summed E-state index contributed by atoms with van der Waals surface area (Å²) in [5.74, 6) is 0.277. The molecule has 0 spiro atoms. The van der Waals surface area contributed by atoms with Gasteiger partial charge in [-0.15, -0.1) is 0 Å². The molecule has 7 heteroatoms. The predicted molar refractivity (Wildman–Crippen MR) is 78.0 cm³/mol. The average molecular weight is 290 g/mol. The van der Waals surface area contributed by atoms with Crippen molar-refractivity contribution in [3.63, 3.8) is 0 Å². The second kappa shape index (κ2) is 6.85. The Bertz CT molecular complexity index is 624. The van der Waals surface area contributed by atoms with Crippen LogP contribution >= 0.6 is 0 Å². The zero-order valence-corrected chi connectivity index (χ0v) is 12.1. The zero-order valence-electron chi connectivity index (χ0n) is 12.1. The number of hydrogen-bond donors (Lipinski definition) is 1. The van der Waals surface area contributed by atoms with Crippen LogP contribution in [0.3, 0.4) is 0 Å². The molecule has 1 heterocycles. The Morgan fingerprint density at radius 3 is 2.86 bits per heavy atom. The molecule has 0 radical (unpaired) electrons. The molecule has 2 aromatic rings. The predicted octanol–water partition coefficient (Wildman–Crippen LogP) is 2.02. The van der Waals surface area contributed by atoms with Crippen LogP contribution in [-0.2, 0) is 20.2 Å². The Kier molecular flexibility index (Phi) is 4.89. The summed E-state index contributed by atoms with van der Waals surface area (Å²) in [5, 5.41) is 18.3. The number of benzene rings is 1. The third-order valence-corrected chi connectivity index (χ3v) is 2.95. The van der Waals surface area contributed by atoms with Crippen molar-refractivity contribution in [2.24, 2.45) is 7.05 Å². The van der Waals surface area contributed by atoms with Crippen LogP contribution < -0.4 is 10.1 Å². The quantitative estimate of drug-likeness (QED) is 0.623. The highest BCUT2D eigenvalue weighted by Gasteiger charge is 2.16. The molecule has 7 nitrogen and oxygen atoms in total. The van der Waals surface area contributed by atoms with Crippen LogP contribution in [0.5, 0.6) is 5.75 Å². The second-order valence-electron chi connectivity index (χ2n) is 4.65. The fourth-order valence-electron chi connectivity index (χ4n) is 1.91. The fraction of sp³-hybridized carbons (Fsp3) is 0.357. The van der Waals surface area contributed by atoms with Gasteiger partial charge in [0.1, 0.15) is 6.61 Å². The number of nitrogens with zero attached hydrogens (tertiary/aromatic N) is 3. The summed E-state index contributed by atoms with van der Waals surface area (Å²) in [7, 11) is 1.81. The third kappa shape index (κ3) is 4.03. The minimum Gasteiger partial charge on any atom is -0.482 e. The molecule has 1 N–H and O–H groups in total. The van der Waals surface area contributed by atoms with Gasteiger partial charge in [-0.3, -0.25) is 14.8 Å². The van der Waals surface area contributed by atoms with Gasteiger partial charge in [-0.25, -0.2) is 0 Å². The molecule has 2 rings (SSSR count). The summed E-state index contributed by atoms with van der Waals surface area (Å²) in [6, 6.07) is 4.92. The Labute approximate surface area is 122 Å². The first kappa shape index (κ1) is 15.0. The number of rotatable bonds is 7. The lowest BCUT2D eigenvalue weighted by Gasteiger charge is -2.08. The smallest absolute Gasteiger partial charge is 0.310 e. The van der Waals surface area contributed by atoms with E-state index in [0.29, 0.717) is 6.54 Å². The number of nitrogens with one attached hydrogen (secondary N) is 1. The Morgan fingerprint density at radius 2 is 2.24 bits per heavy atom. The monoisotopic (exact) mass is 290 g/mol. The van der Waals surface area contributed by atoms with Crippen LogP contribution in [0.2, 0.25) is 0 Å². The number of ether oxygens (including phenoxy) is 1. The molecule has 1 aromatic carbocycles. The first-order chi connectivity index (χ1) is 10.1. The van der Waals surface area contributed by atoms with E-state index in [9.17, 15) is 10.1 Å². The van der Waals surface area contributed by atoms with Crippen LogP contribution in [0, 0.1) is 10.1 Å². The van der Waals surface area contributed by atoms with Gasteiger partial charge in [-0.05, 0) is 18.2 Å². The van der Waals surface area contributed by atoms with Gasteiger partial charge in [-0.2, -0.15) is 5.10 Å². The summed E-state index contributed by atoms with van der Waals surface area (Å²) in [6.45, 7) is 3.74. The van der Waals surface area contributed by atoms with Gasteiger partial charge in [0.15, 0.2) is 5.75 Å². The van der Waals surface area contributed by atoms with Crippen molar-refractivity contribution in [3.05, 3.63) is 51.8 Å². The van der Waals surface area contributed by atoms with Gasteiger partial charge in [0.2, 0.25) is 0 Å². The van der Waals surface area contributed by atoms with Gasteiger partial charge in [0, 0.05) is 31.4 Å². The lowest BCUT2D eigenvalue weighted by molar-refractivity contribution is -0.386. The number of aryl methyl sites for hydroxylation is 1. The highest BCUT2D eigenvalue weighted by Crippen LogP contribution is 2.28. The standard InChI is InChI=1S/C14H18N4O3/c1-3-15-7-11-4-5-13(18(19)20)14(6-11)21-10-12-8-16-17(2)9-12/h4-6,8-9,15H,3,7,10H2,1-2H3. The van der Waals surface area contributed by atoms with E-state index in [4.69, 9.17) is 4.74 Å². The molecule has 0 unspecified atom stereocenters. The molecule has 0 aliphatic rings. The largest absolute Gasteiger partial charge is 0.482 e. The average Bonchev–Trinajstić information content (AvgIpc) is 2.88. The van der Waals surface area contributed by atoms with E-state index < -0.39 is 4.92 Å². The molecule has 0 bridgehead atoms. The van der Waals surface area contributed by atoms with E-state index in [0.717, 1.165) is 17.7 Å². The van der Waals surface area contributed by atoms with Gasteiger partial charge < -0.3 is 10.1 Å². The van der Waals surface area contributed by atoms with E-state index in [-0.39, 0.29) is 18.0 Å².